The summed E-state index contributed by atoms with van der Waals surface area (Å²) in [5.41, 5.74) is 1.52. The standard InChI is InChI=1S/C21H32F3N5O/c1-5-15(2)27-19(30)18-8-6-7-17(13-18)14-26-20(25-4)29-11-9-28(10-12-29)16(3)21(22,23)24/h6-8,13,15-16H,5,9-12,14H2,1-4H3,(H,25,26)(H,27,30). The van der Waals surface area contributed by atoms with E-state index in [4.69, 9.17) is 0 Å². The highest BCUT2D eigenvalue weighted by Gasteiger charge is 2.41. The number of halogens is 3. The fraction of sp³-hybridized carbons (Fsp3) is 0.619. The second-order valence-electron chi connectivity index (χ2n) is 7.62. The molecule has 0 radical (unpaired) electrons. The molecule has 0 aromatic heterocycles. The van der Waals surface area contributed by atoms with Crippen LogP contribution in [0, 0.1) is 0 Å². The van der Waals surface area contributed by atoms with Crippen molar-refractivity contribution in [3.05, 3.63) is 35.4 Å². The Hall–Kier alpha value is -2.29. The van der Waals surface area contributed by atoms with E-state index in [9.17, 15) is 18.0 Å². The Morgan fingerprint density at radius 3 is 2.43 bits per heavy atom. The van der Waals surface area contributed by atoms with Crippen molar-refractivity contribution in [1.82, 2.24) is 20.4 Å². The number of nitrogens with one attached hydrogen (secondary N) is 2. The van der Waals surface area contributed by atoms with Crippen molar-refractivity contribution in [3.8, 4) is 0 Å². The molecule has 0 aliphatic carbocycles. The van der Waals surface area contributed by atoms with E-state index < -0.39 is 12.2 Å². The van der Waals surface area contributed by atoms with Crippen LogP contribution in [0.25, 0.3) is 0 Å². The zero-order valence-electron chi connectivity index (χ0n) is 18.1. The number of hydrogen-bond donors (Lipinski definition) is 2. The van der Waals surface area contributed by atoms with E-state index in [1.165, 1.54) is 11.8 Å². The van der Waals surface area contributed by atoms with Crippen molar-refractivity contribution < 1.29 is 18.0 Å². The molecule has 0 bridgehead atoms. The first-order valence-corrected chi connectivity index (χ1v) is 10.3. The fourth-order valence-electron chi connectivity index (χ4n) is 3.27. The Labute approximate surface area is 176 Å². The molecule has 1 saturated heterocycles. The van der Waals surface area contributed by atoms with Gasteiger partial charge in [0.1, 0.15) is 6.04 Å². The molecule has 2 N–H and O–H groups in total. The number of piperazine rings is 1. The molecule has 1 heterocycles. The molecule has 0 saturated carbocycles. The molecule has 30 heavy (non-hydrogen) atoms. The van der Waals surface area contributed by atoms with Crippen LogP contribution in [0.4, 0.5) is 13.2 Å². The van der Waals surface area contributed by atoms with E-state index in [0.29, 0.717) is 44.2 Å². The summed E-state index contributed by atoms with van der Waals surface area (Å²) in [6.07, 6.45) is -3.35. The van der Waals surface area contributed by atoms with Crippen LogP contribution in [0.5, 0.6) is 0 Å². The van der Waals surface area contributed by atoms with Crippen molar-refractivity contribution in [3.63, 3.8) is 0 Å². The summed E-state index contributed by atoms with van der Waals surface area (Å²) in [5, 5.41) is 6.20. The van der Waals surface area contributed by atoms with Gasteiger partial charge in [-0.15, -0.1) is 0 Å². The number of amides is 1. The first-order chi connectivity index (χ1) is 14.2. The van der Waals surface area contributed by atoms with Crippen molar-refractivity contribution in [2.45, 2.75) is 52.0 Å². The summed E-state index contributed by atoms with van der Waals surface area (Å²) >= 11 is 0. The van der Waals surface area contributed by atoms with Gasteiger partial charge in [-0.3, -0.25) is 14.7 Å². The highest BCUT2D eigenvalue weighted by atomic mass is 19.4. The lowest BCUT2D eigenvalue weighted by molar-refractivity contribution is -0.181. The molecule has 1 fully saturated rings. The van der Waals surface area contributed by atoms with Crippen molar-refractivity contribution in [1.29, 1.82) is 0 Å². The third-order valence-electron chi connectivity index (χ3n) is 5.48. The zero-order valence-corrected chi connectivity index (χ0v) is 18.1. The smallest absolute Gasteiger partial charge is 0.352 e. The minimum atomic E-state index is -4.21. The number of aliphatic imine (C=N–C) groups is 1. The molecule has 6 nitrogen and oxygen atoms in total. The van der Waals surface area contributed by atoms with E-state index in [0.717, 1.165) is 12.0 Å². The largest absolute Gasteiger partial charge is 0.403 e. The molecule has 0 spiro atoms. The van der Waals surface area contributed by atoms with Gasteiger partial charge in [-0.2, -0.15) is 13.2 Å². The van der Waals surface area contributed by atoms with Crippen LogP contribution in [0.1, 0.15) is 43.1 Å². The van der Waals surface area contributed by atoms with Gasteiger partial charge >= 0.3 is 6.18 Å². The molecule has 1 aliphatic rings. The molecule has 1 aromatic carbocycles. The number of hydrogen-bond acceptors (Lipinski definition) is 3. The Kier molecular flexibility index (Phi) is 8.52. The number of carbonyl (C=O) groups excluding carboxylic acids is 1. The van der Waals surface area contributed by atoms with Gasteiger partial charge < -0.3 is 15.5 Å². The summed E-state index contributed by atoms with van der Waals surface area (Å²) in [4.78, 5) is 20.0. The summed E-state index contributed by atoms with van der Waals surface area (Å²) in [6.45, 7) is 7.24. The first kappa shape index (κ1) is 24.0. The number of guanidine groups is 1. The lowest BCUT2D eigenvalue weighted by Crippen LogP contribution is -2.56. The second kappa shape index (κ2) is 10.7. The Morgan fingerprint density at radius 1 is 1.20 bits per heavy atom. The molecule has 168 valence electrons. The van der Waals surface area contributed by atoms with Crippen LogP contribution in [0.3, 0.4) is 0 Å². The average molecular weight is 428 g/mol. The topological polar surface area (TPSA) is 60.0 Å². The molecule has 2 unspecified atom stereocenters. The van der Waals surface area contributed by atoms with Crippen molar-refractivity contribution in [2.75, 3.05) is 33.2 Å². The van der Waals surface area contributed by atoms with E-state index in [2.05, 4.69) is 15.6 Å². The van der Waals surface area contributed by atoms with Crippen LogP contribution >= 0.6 is 0 Å². The van der Waals surface area contributed by atoms with E-state index >= 15 is 0 Å². The number of alkyl halides is 3. The molecule has 2 atom stereocenters. The molecule has 1 aromatic rings. The fourth-order valence-corrected chi connectivity index (χ4v) is 3.27. The maximum absolute atomic E-state index is 12.9. The quantitative estimate of drug-likeness (QED) is 0.542. The minimum Gasteiger partial charge on any atom is -0.352 e. The molecule has 2 rings (SSSR count). The van der Waals surface area contributed by atoms with Gasteiger partial charge in [-0.1, -0.05) is 19.1 Å². The molecular weight excluding hydrogens is 395 g/mol. The molecular formula is C21H32F3N5O. The van der Waals surface area contributed by atoms with Gasteiger partial charge in [0.25, 0.3) is 5.91 Å². The van der Waals surface area contributed by atoms with Gasteiger partial charge in [0.2, 0.25) is 0 Å². The molecule has 9 heteroatoms. The molecule has 1 aliphatic heterocycles. The van der Waals surface area contributed by atoms with Gasteiger partial charge in [-0.05, 0) is 38.0 Å². The third kappa shape index (κ3) is 6.62. The second-order valence-corrected chi connectivity index (χ2v) is 7.62. The summed E-state index contributed by atoms with van der Waals surface area (Å²) < 4.78 is 38.8. The summed E-state index contributed by atoms with van der Waals surface area (Å²) in [5.74, 6) is 0.536. The summed E-state index contributed by atoms with van der Waals surface area (Å²) in [6, 6.07) is 6.03. The Bertz CT molecular complexity index is 730. The monoisotopic (exact) mass is 427 g/mol. The lowest BCUT2D eigenvalue weighted by atomic mass is 10.1. The number of benzene rings is 1. The Morgan fingerprint density at radius 2 is 1.87 bits per heavy atom. The third-order valence-corrected chi connectivity index (χ3v) is 5.48. The van der Waals surface area contributed by atoms with Gasteiger partial charge in [0, 0.05) is 51.4 Å². The van der Waals surface area contributed by atoms with E-state index in [1.807, 2.05) is 36.9 Å². The predicted octanol–water partition coefficient (Wildman–Crippen LogP) is 2.86. The van der Waals surface area contributed by atoms with Crippen molar-refractivity contribution in [2.24, 2.45) is 4.99 Å². The normalized spacial score (nSPS) is 18.1. The lowest BCUT2D eigenvalue weighted by Gasteiger charge is -2.39. The molecule has 1 amide bonds. The van der Waals surface area contributed by atoms with Crippen LogP contribution in [0.15, 0.2) is 29.3 Å². The van der Waals surface area contributed by atoms with Crippen LogP contribution in [-0.2, 0) is 6.54 Å². The number of nitrogens with zero attached hydrogens (tertiary/aromatic N) is 3. The van der Waals surface area contributed by atoms with Crippen molar-refractivity contribution >= 4 is 11.9 Å². The maximum atomic E-state index is 12.9. The Balaban J connectivity index is 1.91. The highest BCUT2D eigenvalue weighted by Crippen LogP contribution is 2.25. The van der Waals surface area contributed by atoms with Gasteiger partial charge in [0.15, 0.2) is 5.96 Å². The first-order valence-electron chi connectivity index (χ1n) is 10.3. The summed E-state index contributed by atoms with van der Waals surface area (Å²) in [7, 11) is 1.66. The average Bonchev–Trinajstić information content (AvgIpc) is 2.73. The highest BCUT2D eigenvalue weighted by molar-refractivity contribution is 5.94. The van der Waals surface area contributed by atoms with E-state index in [-0.39, 0.29) is 11.9 Å². The zero-order chi connectivity index (χ0) is 22.3. The van der Waals surface area contributed by atoms with Crippen LogP contribution in [0.2, 0.25) is 0 Å². The SMILES string of the molecule is CCC(C)NC(=O)c1cccc(CNC(=NC)N2CCN(C(C)C(F)(F)F)CC2)c1. The van der Waals surface area contributed by atoms with Gasteiger partial charge in [0.05, 0.1) is 0 Å². The van der Waals surface area contributed by atoms with Crippen LogP contribution in [-0.4, -0.2) is 73.2 Å². The maximum Gasteiger partial charge on any atom is 0.403 e. The van der Waals surface area contributed by atoms with Gasteiger partial charge in [-0.25, -0.2) is 0 Å². The van der Waals surface area contributed by atoms with Crippen LogP contribution < -0.4 is 10.6 Å². The minimum absolute atomic E-state index is 0.106. The number of carbonyl (C=O) groups is 1. The van der Waals surface area contributed by atoms with E-state index in [1.54, 1.807) is 13.1 Å². The number of rotatable bonds is 6. The predicted molar refractivity (Wildman–Crippen MR) is 113 cm³/mol.